The molecule has 0 aliphatic carbocycles. The molecule has 0 fully saturated rings. The van der Waals surface area contributed by atoms with Gasteiger partial charge in [-0.25, -0.2) is 9.78 Å². The maximum absolute atomic E-state index is 14.1. The normalized spacial score (nSPS) is 14.9. The number of primary amides is 2. The number of nitrogens with one attached hydrogen (secondary N) is 9. The molecule has 18 N–H and O–H groups in total. The standard InChI is InChI=1S/C54H95N13O14/c1-7-9-10-11-12-13-14-15-16-17-18-22-43(72)60-37(23-25-41(56)70)47(73)63-39(28-35-29-58-31-59-35)50(76)64-40(30-68)51(77)61-38(24-26-42(57)71)49(75)66-45(33(5)8-2)52(78)67-46(34(6)69)53(79)62-36(21-19-20-27-55)48(74)65-44(32(3)4)54(80)81/h29,31-34,36-40,44-46,68-69H,7-28,30,55H2,1-6H3,(H2,56,70)(H2,57,71)(H,58,59)(H,60,72)(H,61,77)(H,62,79)(H,63,73)(H,64,76)(H,65,74)(H,66,75)(H,67,78)(H,80,81)/t33?,34?,36-,37-,38+,39+,40-,44+,45-,46+/m0/s1. The summed E-state index contributed by atoms with van der Waals surface area (Å²) in [5, 5.41) is 50.6. The van der Waals surface area contributed by atoms with Crippen molar-refractivity contribution < 1.29 is 68.1 Å². The molecule has 0 saturated carbocycles. The molecule has 27 heteroatoms. The average molecular weight is 1150 g/mol. The number of aliphatic hydroxyl groups excluding tert-OH is 2. The number of rotatable bonds is 45. The van der Waals surface area contributed by atoms with Crippen LogP contribution < -0.4 is 59.7 Å². The first kappa shape index (κ1) is 72.3. The monoisotopic (exact) mass is 1150 g/mol. The fourth-order valence-corrected chi connectivity index (χ4v) is 8.56. The van der Waals surface area contributed by atoms with Gasteiger partial charge in [0.15, 0.2) is 0 Å². The molecule has 1 aromatic heterocycles. The van der Waals surface area contributed by atoms with Crippen LogP contribution >= 0.6 is 0 Å². The highest BCUT2D eigenvalue weighted by Gasteiger charge is 2.37. The van der Waals surface area contributed by atoms with Gasteiger partial charge in [-0.15, -0.1) is 0 Å². The van der Waals surface area contributed by atoms with E-state index in [1.165, 1.54) is 58.0 Å². The quantitative estimate of drug-likeness (QED) is 0.0361. The van der Waals surface area contributed by atoms with E-state index in [4.69, 9.17) is 17.2 Å². The lowest BCUT2D eigenvalue weighted by atomic mass is 9.96. The van der Waals surface area contributed by atoms with Crippen LogP contribution in [0.2, 0.25) is 0 Å². The van der Waals surface area contributed by atoms with Crippen molar-refractivity contribution in [3.05, 3.63) is 18.2 Å². The molecule has 0 bridgehead atoms. The molecule has 0 aromatic carbocycles. The second-order valence-electron chi connectivity index (χ2n) is 21.1. The number of hydrogen-bond donors (Lipinski definition) is 15. The molecule has 0 aliphatic rings. The SMILES string of the molecule is CCCCCCCCCCCCCC(=O)N[C@@H](CCC(N)=O)C(=O)N[C@H](Cc1cnc[nH]1)C(=O)N[C@@H](CO)C(=O)N[C@H](CCC(N)=O)C(=O)N[C@H](C(=O)N[C@@H](C(=O)N[C@@H](CCCCN)C(=O)N[C@@H](C(=O)O)C(C)C)C(C)O)C(C)CC. The lowest BCUT2D eigenvalue weighted by molar-refractivity contribution is -0.143. The minimum Gasteiger partial charge on any atom is -0.480 e. The van der Waals surface area contributed by atoms with Crippen LogP contribution in [0, 0.1) is 11.8 Å². The second kappa shape index (κ2) is 40.4. The highest BCUT2D eigenvalue weighted by atomic mass is 16.4. The van der Waals surface area contributed by atoms with Crippen LogP contribution in [0.5, 0.6) is 0 Å². The molecule has 1 heterocycles. The predicted octanol–water partition coefficient (Wildman–Crippen LogP) is -0.649. The molecule has 1 rings (SSSR count). The lowest BCUT2D eigenvalue weighted by Crippen LogP contribution is -2.63. The first-order valence-electron chi connectivity index (χ1n) is 28.6. The van der Waals surface area contributed by atoms with Gasteiger partial charge >= 0.3 is 5.97 Å². The number of carbonyl (C=O) groups excluding carboxylic acids is 10. The number of aromatic nitrogens is 2. The van der Waals surface area contributed by atoms with Gasteiger partial charge in [-0.1, -0.05) is 105 Å². The second-order valence-corrected chi connectivity index (χ2v) is 21.1. The highest BCUT2D eigenvalue weighted by molar-refractivity contribution is 5.98. The number of aliphatic carboxylic acids is 1. The molecule has 0 saturated heterocycles. The van der Waals surface area contributed by atoms with Crippen molar-refractivity contribution >= 4 is 65.0 Å². The Morgan fingerprint density at radius 3 is 1.46 bits per heavy atom. The van der Waals surface area contributed by atoms with E-state index < -0.39 is 151 Å². The Labute approximate surface area is 475 Å². The number of carbonyl (C=O) groups is 11. The minimum atomic E-state index is -1.81. The summed E-state index contributed by atoms with van der Waals surface area (Å²) in [4.78, 5) is 153. The van der Waals surface area contributed by atoms with Gasteiger partial charge in [-0.2, -0.15) is 0 Å². The molecule has 81 heavy (non-hydrogen) atoms. The molecular weight excluding hydrogens is 1050 g/mol. The van der Waals surface area contributed by atoms with E-state index in [-0.39, 0.29) is 45.1 Å². The van der Waals surface area contributed by atoms with Crippen molar-refractivity contribution in [3.8, 4) is 0 Å². The average Bonchev–Trinajstić information content (AvgIpc) is 3.94. The van der Waals surface area contributed by atoms with Crippen LogP contribution in [0.25, 0.3) is 0 Å². The van der Waals surface area contributed by atoms with E-state index in [0.717, 1.165) is 25.7 Å². The van der Waals surface area contributed by atoms with E-state index in [9.17, 15) is 68.1 Å². The zero-order valence-electron chi connectivity index (χ0n) is 48.3. The summed E-state index contributed by atoms with van der Waals surface area (Å²) < 4.78 is 0. The van der Waals surface area contributed by atoms with Crippen LogP contribution in [0.4, 0.5) is 0 Å². The summed E-state index contributed by atoms with van der Waals surface area (Å²) in [7, 11) is 0. The van der Waals surface area contributed by atoms with Crippen LogP contribution in [0.3, 0.4) is 0 Å². The third kappa shape index (κ3) is 29.5. The van der Waals surface area contributed by atoms with E-state index in [1.54, 1.807) is 27.7 Å². The Morgan fingerprint density at radius 2 is 0.975 bits per heavy atom. The molecule has 0 spiro atoms. The van der Waals surface area contributed by atoms with E-state index in [1.807, 2.05) is 0 Å². The largest absolute Gasteiger partial charge is 0.480 e. The number of H-pyrrole nitrogens is 1. The number of amides is 10. The number of aromatic amines is 1. The van der Waals surface area contributed by atoms with E-state index in [0.29, 0.717) is 25.0 Å². The molecule has 0 radical (unpaired) electrons. The summed E-state index contributed by atoms with van der Waals surface area (Å²) in [6.07, 6.45) is 12.4. The Bertz CT molecular complexity index is 2130. The number of nitrogens with two attached hydrogens (primary N) is 3. The van der Waals surface area contributed by atoms with Gasteiger partial charge in [0.05, 0.1) is 19.0 Å². The Morgan fingerprint density at radius 1 is 0.531 bits per heavy atom. The summed E-state index contributed by atoms with van der Waals surface area (Å²) in [6.45, 7) is 8.99. The highest BCUT2D eigenvalue weighted by Crippen LogP contribution is 2.15. The van der Waals surface area contributed by atoms with Gasteiger partial charge < -0.3 is 80.0 Å². The fraction of sp³-hybridized carbons (Fsp3) is 0.741. The molecule has 27 nitrogen and oxygen atoms in total. The Balaban J connectivity index is 3.32. The zero-order valence-corrected chi connectivity index (χ0v) is 48.3. The van der Waals surface area contributed by atoms with E-state index >= 15 is 0 Å². The van der Waals surface area contributed by atoms with E-state index in [2.05, 4.69) is 59.4 Å². The lowest BCUT2D eigenvalue weighted by Gasteiger charge is -2.30. The van der Waals surface area contributed by atoms with Gasteiger partial charge in [0.1, 0.15) is 48.3 Å². The fourth-order valence-electron chi connectivity index (χ4n) is 8.56. The predicted molar refractivity (Wildman–Crippen MR) is 299 cm³/mol. The molecule has 0 aliphatic heterocycles. The summed E-state index contributed by atoms with van der Waals surface area (Å²) in [5.41, 5.74) is 16.8. The molecule has 10 atom stereocenters. The van der Waals surface area contributed by atoms with Crippen LogP contribution in [0.15, 0.2) is 12.5 Å². The summed E-state index contributed by atoms with van der Waals surface area (Å²) in [6, 6.07) is -12.1. The molecule has 460 valence electrons. The van der Waals surface area contributed by atoms with Crippen LogP contribution in [-0.4, -0.2) is 158 Å². The van der Waals surface area contributed by atoms with Crippen molar-refractivity contribution in [2.75, 3.05) is 13.2 Å². The number of carboxylic acid groups (broad SMARTS) is 1. The van der Waals surface area contributed by atoms with Crippen molar-refractivity contribution in [3.63, 3.8) is 0 Å². The van der Waals surface area contributed by atoms with Crippen molar-refractivity contribution in [1.82, 2.24) is 52.5 Å². The molecular formula is C54H95N13O14. The maximum atomic E-state index is 14.1. The number of carboxylic acids is 1. The number of aliphatic hydroxyl groups is 2. The van der Waals surface area contributed by atoms with Gasteiger partial charge in [-0.3, -0.25) is 47.9 Å². The van der Waals surface area contributed by atoms with Gasteiger partial charge in [0, 0.05) is 37.6 Å². The van der Waals surface area contributed by atoms with Gasteiger partial charge in [-0.05, 0) is 63.8 Å². The molecule has 1 aromatic rings. The number of nitrogens with zero attached hydrogens (tertiary/aromatic N) is 1. The smallest absolute Gasteiger partial charge is 0.326 e. The number of hydrogen-bond acceptors (Lipinski definition) is 15. The number of imidazole rings is 1. The first-order valence-corrected chi connectivity index (χ1v) is 28.6. The zero-order chi connectivity index (χ0) is 61.0. The van der Waals surface area contributed by atoms with Crippen molar-refractivity contribution in [2.45, 2.75) is 231 Å². The summed E-state index contributed by atoms with van der Waals surface area (Å²) >= 11 is 0. The number of unbranched alkanes of at least 4 members (excludes halogenated alkanes) is 11. The van der Waals surface area contributed by atoms with Crippen LogP contribution in [-0.2, 0) is 59.2 Å². The topological polar surface area (TPSA) is 451 Å². The summed E-state index contributed by atoms with van der Waals surface area (Å²) in [5.74, 6) is -11.5. The Kier molecular flexibility index (Phi) is 36.1. The van der Waals surface area contributed by atoms with Gasteiger partial charge in [0.25, 0.3) is 0 Å². The third-order valence-electron chi connectivity index (χ3n) is 13.7. The van der Waals surface area contributed by atoms with Crippen molar-refractivity contribution in [2.24, 2.45) is 29.0 Å². The first-order chi connectivity index (χ1) is 38.4. The maximum Gasteiger partial charge on any atom is 0.326 e. The molecule has 10 amide bonds. The van der Waals surface area contributed by atoms with Gasteiger partial charge in [0.2, 0.25) is 59.1 Å². The Hall–Kier alpha value is -6.74. The van der Waals surface area contributed by atoms with Crippen LogP contribution in [0.1, 0.15) is 176 Å². The van der Waals surface area contributed by atoms with Crippen molar-refractivity contribution in [1.29, 1.82) is 0 Å². The third-order valence-corrected chi connectivity index (χ3v) is 13.7. The minimum absolute atomic E-state index is 0.0212. The molecule has 2 unspecified atom stereocenters.